The van der Waals surface area contributed by atoms with Gasteiger partial charge in [0.1, 0.15) is 0 Å². The summed E-state index contributed by atoms with van der Waals surface area (Å²) >= 11 is 0. The molecule has 0 aliphatic carbocycles. The highest BCUT2D eigenvalue weighted by atomic mass is 31.3. The Hall–Kier alpha value is -2.76. The van der Waals surface area contributed by atoms with E-state index in [1.54, 1.807) is 4.90 Å². The molecule has 1 aliphatic heterocycles. The number of hydrogen-bond acceptors (Lipinski definition) is 6. The van der Waals surface area contributed by atoms with Crippen LogP contribution in [0.3, 0.4) is 0 Å². The molecule has 3 rings (SSSR count). The molecule has 37 heavy (non-hydrogen) atoms. The summed E-state index contributed by atoms with van der Waals surface area (Å²) in [5, 5.41) is 1.21. The molecule has 1 aliphatic rings. The predicted molar refractivity (Wildman–Crippen MR) is 139 cm³/mol. The first-order valence-electron chi connectivity index (χ1n) is 11.6. The molecule has 198 valence electrons. The molecule has 2 aromatic rings. The number of nitrogens with zero attached hydrogens (tertiary/aromatic N) is 1. The fourth-order valence-electron chi connectivity index (χ4n) is 3.29. The minimum Gasteiger partial charge on any atom is -0.354 e. The lowest BCUT2D eigenvalue weighted by Crippen LogP contribution is -2.33. The molecular weight excluding hydrogens is 518 g/mol. The molecule has 0 fully saturated rings. The Kier molecular flexibility index (Phi) is 9.14. The van der Waals surface area contributed by atoms with Gasteiger partial charge in [-0.2, -0.15) is 0 Å². The number of fused-ring (bicyclic) bond motifs is 2. The van der Waals surface area contributed by atoms with Gasteiger partial charge < -0.3 is 20.0 Å². The smallest absolute Gasteiger partial charge is 0.354 e. The van der Waals surface area contributed by atoms with Gasteiger partial charge in [-0.25, -0.2) is 8.88 Å². The largest absolute Gasteiger partial charge is 0.479 e. The van der Waals surface area contributed by atoms with Gasteiger partial charge >= 0.3 is 15.4 Å². The summed E-state index contributed by atoms with van der Waals surface area (Å²) in [4.78, 5) is 46.6. The highest BCUT2D eigenvalue weighted by Crippen LogP contribution is 2.65. The van der Waals surface area contributed by atoms with E-state index in [0.717, 1.165) is 11.1 Å². The molecule has 0 saturated carbocycles. The molecule has 0 saturated heterocycles. The summed E-state index contributed by atoms with van der Waals surface area (Å²) in [7, 11) is -9.25. The Morgan fingerprint density at radius 3 is 2.32 bits per heavy atom. The van der Waals surface area contributed by atoms with Crippen LogP contribution >= 0.6 is 15.4 Å². The number of anilines is 1. The molecule has 2 atom stereocenters. The molecule has 10 nitrogen and oxygen atoms in total. The summed E-state index contributed by atoms with van der Waals surface area (Å²) < 4.78 is 33.2. The van der Waals surface area contributed by atoms with Crippen molar-refractivity contribution in [3.63, 3.8) is 0 Å². The predicted octanol–water partition coefficient (Wildman–Crippen LogP) is 3.95. The van der Waals surface area contributed by atoms with Crippen molar-refractivity contribution in [3.05, 3.63) is 65.2 Å². The first-order chi connectivity index (χ1) is 17.3. The summed E-state index contributed by atoms with van der Waals surface area (Å²) in [5.41, 5.74) is 3.10. The third-order valence-corrected chi connectivity index (χ3v) is 9.39. The van der Waals surface area contributed by atoms with Crippen LogP contribution in [0.1, 0.15) is 50.3 Å². The van der Waals surface area contributed by atoms with Crippen molar-refractivity contribution in [2.75, 3.05) is 18.1 Å². The first kappa shape index (κ1) is 28.8. The van der Waals surface area contributed by atoms with Crippen LogP contribution in [0.2, 0.25) is 0 Å². The van der Waals surface area contributed by atoms with Crippen molar-refractivity contribution in [2.24, 2.45) is 0 Å². The average Bonchev–Trinajstić information content (AvgIpc) is 2.80. The second-order valence-corrected chi connectivity index (χ2v) is 13.6. The van der Waals surface area contributed by atoms with E-state index in [4.69, 9.17) is 0 Å². The molecule has 2 aromatic carbocycles. The van der Waals surface area contributed by atoms with Gasteiger partial charge in [0.05, 0.1) is 24.0 Å². The van der Waals surface area contributed by atoms with Crippen LogP contribution in [0.4, 0.5) is 5.69 Å². The molecule has 2 unspecified atom stereocenters. The van der Waals surface area contributed by atoms with Crippen LogP contribution in [-0.4, -0.2) is 39.9 Å². The third-order valence-electron chi connectivity index (χ3n) is 5.48. The van der Waals surface area contributed by atoms with Crippen molar-refractivity contribution in [1.29, 1.82) is 0 Å². The minimum absolute atomic E-state index is 0.0719. The van der Waals surface area contributed by atoms with Gasteiger partial charge in [0.15, 0.2) is 0 Å². The Labute approximate surface area is 216 Å². The highest BCUT2D eigenvalue weighted by Gasteiger charge is 2.43. The van der Waals surface area contributed by atoms with Crippen LogP contribution < -0.4 is 10.2 Å². The lowest BCUT2D eigenvalue weighted by Gasteiger charge is -2.26. The van der Waals surface area contributed by atoms with Crippen LogP contribution in [0.15, 0.2) is 48.5 Å². The highest BCUT2D eigenvalue weighted by molar-refractivity contribution is 7.64. The number of carbonyl (C=O) groups excluding carboxylic acids is 2. The van der Waals surface area contributed by atoms with Gasteiger partial charge in [-0.15, -0.1) is 0 Å². The Bertz CT molecular complexity index is 1330. The summed E-state index contributed by atoms with van der Waals surface area (Å²) in [6.45, 7) is 3.85. The molecule has 0 bridgehead atoms. The maximum Gasteiger partial charge on any atom is 0.479 e. The number of nitrogens with one attached hydrogen (secondary N) is 1. The molecule has 2 amide bonds. The topological polar surface area (TPSA) is 142 Å². The summed E-state index contributed by atoms with van der Waals surface area (Å²) in [6.07, 6.45) is -0.189. The van der Waals surface area contributed by atoms with Crippen LogP contribution in [-0.2, 0) is 34.1 Å². The van der Waals surface area contributed by atoms with E-state index in [1.807, 2.05) is 48.5 Å². The SMILES string of the molecule is CC(C)(C)P(=O)(O)OP(=O)(O)OCCNC(=O)CCC(=O)N1Cc2ccccc2C#Cc2ccccc21. The van der Waals surface area contributed by atoms with E-state index in [0.29, 0.717) is 17.8 Å². The van der Waals surface area contributed by atoms with Crippen LogP contribution in [0.5, 0.6) is 0 Å². The molecule has 1 heterocycles. The van der Waals surface area contributed by atoms with Crippen LogP contribution in [0.25, 0.3) is 0 Å². The van der Waals surface area contributed by atoms with Crippen LogP contribution in [0, 0.1) is 11.8 Å². The molecule has 0 spiro atoms. The maximum atomic E-state index is 13.2. The molecule has 12 heteroatoms. The monoisotopic (exact) mass is 548 g/mol. The Morgan fingerprint density at radius 2 is 1.62 bits per heavy atom. The third kappa shape index (κ3) is 7.86. The van der Waals surface area contributed by atoms with E-state index in [-0.39, 0.29) is 25.3 Å². The van der Waals surface area contributed by atoms with Crippen molar-refractivity contribution >= 4 is 32.9 Å². The van der Waals surface area contributed by atoms with Gasteiger partial charge in [0.2, 0.25) is 11.8 Å². The number of para-hydroxylation sites is 1. The fourth-order valence-corrected chi connectivity index (χ4v) is 5.90. The lowest BCUT2D eigenvalue weighted by molar-refractivity contribution is -0.125. The van der Waals surface area contributed by atoms with Crippen molar-refractivity contribution in [2.45, 2.75) is 45.3 Å². The van der Waals surface area contributed by atoms with Crippen molar-refractivity contribution in [1.82, 2.24) is 5.32 Å². The quantitative estimate of drug-likeness (QED) is 0.243. The standard InChI is InChI=1S/C25H30N2O8P2/c1-25(2,3)36(30,31)35-37(32,33)34-17-16-26-23(28)14-15-24(29)27-18-21-10-5-4-8-19(21)12-13-20-9-6-7-11-22(20)27/h4-11H,14-18H2,1-3H3,(H,26,28)(H,30,31)(H,32,33). The zero-order chi connectivity index (χ0) is 27.3. The average molecular weight is 548 g/mol. The minimum atomic E-state index is -4.82. The molecular formula is C25H30N2O8P2. The Morgan fingerprint density at radius 1 is 1.00 bits per heavy atom. The second-order valence-electron chi connectivity index (χ2n) is 9.33. The van der Waals surface area contributed by atoms with Crippen molar-refractivity contribution < 1.29 is 37.3 Å². The number of phosphoric ester groups is 1. The second kappa shape index (κ2) is 11.7. The van der Waals surface area contributed by atoms with Gasteiger partial charge in [-0.1, -0.05) is 42.2 Å². The molecule has 0 radical (unpaired) electrons. The number of amides is 2. The van der Waals surface area contributed by atoms with Crippen molar-refractivity contribution in [3.8, 4) is 11.8 Å². The first-order valence-corrected chi connectivity index (χ1v) is 14.6. The number of phosphoric acid groups is 1. The van der Waals surface area contributed by atoms with Gasteiger partial charge in [0.25, 0.3) is 0 Å². The zero-order valence-corrected chi connectivity index (χ0v) is 22.6. The maximum absolute atomic E-state index is 13.2. The normalized spacial score (nSPS) is 16.0. The summed E-state index contributed by atoms with van der Waals surface area (Å²) in [6, 6.07) is 14.9. The number of rotatable bonds is 9. The zero-order valence-electron chi connectivity index (χ0n) is 20.8. The fraction of sp³-hybridized carbons (Fsp3) is 0.360. The van der Waals surface area contributed by atoms with Gasteiger partial charge in [0, 0.05) is 30.5 Å². The lowest BCUT2D eigenvalue weighted by atomic mass is 10.0. The molecule has 0 aromatic heterocycles. The number of carbonyl (C=O) groups is 2. The number of benzene rings is 2. The number of hydrogen-bond donors (Lipinski definition) is 3. The van der Waals surface area contributed by atoms with E-state index >= 15 is 0 Å². The molecule has 3 N–H and O–H groups in total. The van der Waals surface area contributed by atoms with E-state index in [2.05, 4.69) is 26.0 Å². The van der Waals surface area contributed by atoms with Gasteiger partial charge in [-0.3, -0.25) is 18.7 Å². The Balaban J connectivity index is 1.53. The van der Waals surface area contributed by atoms with Gasteiger partial charge in [-0.05, 0) is 44.5 Å². The van der Waals surface area contributed by atoms with E-state index in [1.165, 1.54) is 20.8 Å². The van der Waals surface area contributed by atoms with E-state index < -0.39 is 33.1 Å². The van der Waals surface area contributed by atoms with E-state index in [9.17, 15) is 28.5 Å². The summed E-state index contributed by atoms with van der Waals surface area (Å²) in [5.74, 6) is 5.54.